The molecule has 2 aromatic rings. The predicted octanol–water partition coefficient (Wildman–Crippen LogP) is 3.64. The SMILES string of the molecule is CNc1nc(C2SCCSC2C)nc2sccc12. The quantitative estimate of drug-likeness (QED) is 0.916. The number of thiophene rings is 1. The van der Waals surface area contributed by atoms with Crippen LogP contribution in [0.3, 0.4) is 0 Å². The molecule has 0 bridgehead atoms. The van der Waals surface area contributed by atoms with E-state index in [1.807, 2.05) is 30.6 Å². The van der Waals surface area contributed by atoms with Crippen LogP contribution in [0.25, 0.3) is 10.2 Å². The number of thioether (sulfide) groups is 2. The fourth-order valence-electron chi connectivity index (χ4n) is 2.11. The van der Waals surface area contributed by atoms with Crippen molar-refractivity contribution in [3.63, 3.8) is 0 Å². The fourth-order valence-corrected chi connectivity index (χ4v) is 5.57. The standard InChI is InChI=1S/C12H15N3S3/c1-7-9(17-6-5-16-7)11-14-10(13-2)8-3-4-18-12(8)15-11/h3-4,7,9H,5-6H2,1-2H3,(H,13,14,15). The van der Waals surface area contributed by atoms with Crippen molar-refractivity contribution in [3.05, 3.63) is 17.3 Å². The molecule has 1 aliphatic heterocycles. The van der Waals surface area contributed by atoms with Crippen molar-refractivity contribution in [1.29, 1.82) is 0 Å². The van der Waals surface area contributed by atoms with Crippen LogP contribution in [0.2, 0.25) is 0 Å². The fraction of sp³-hybridized carbons (Fsp3) is 0.500. The highest BCUT2D eigenvalue weighted by Gasteiger charge is 2.27. The van der Waals surface area contributed by atoms with E-state index in [9.17, 15) is 0 Å². The van der Waals surface area contributed by atoms with Crippen LogP contribution in [0.1, 0.15) is 18.0 Å². The van der Waals surface area contributed by atoms with E-state index in [2.05, 4.69) is 23.7 Å². The highest BCUT2D eigenvalue weighted by molar-refractivity contribution is 8.06. The van der Waals surface area contributed by atoms with Crippen LogP contribution in [-0.2, 0) is 0 Å². The Balaban J connectivity index is 2.05. The molecule has 18 heavy (non-hydrogen) atoms. The van der Waals surface area contributed by atoms with Crippen LogP contribution in [0.4, 0.5) is 5.82 Å². The number of fused-ring (bicyclic) bond motifs is 1. The Labute approximate surface area is 119 Å². The number of nitrogens with zero attached hydrogens (tertiary/aromatic N) is 2. The highest BCUT2D eigenvalue weighted by atomic mass is 32.2. The van der Waals surface area contributed by atoms with E-state index in [4.69, 9.17) is 9.97 Å². The molecule has 6 heteroatoms. The van der Waals surface area contributed by atoms with Gasteiger partial charge in [-0.05, 0) is 11.4 Å². The van der Waals surface area contributed by atoms with E-state index in [-0.39, 0.29) is 0 Å². The van der Waals surface area contributed by atoms with Gasteiger partial charge in [-0.3, -0.25) is 0 Å². The Hall–Kier alpha value is -0.460. The molecule has 0 amide bonds. The van der Waals surface area contributed by atoms with Gasteiger partial charge in [0.25, 0.3) is 0 Å². The summed E-state index contributed by atoms with van der Waals surface area (Å²) in [5.41, 5.74) is 0. The van der Waals surface area contributed by atoms with Gasteiger partial charge in [-0.15, -0.1) is 23.1 Å². The van der Waals surface area contributed by atoms with E-state index in [0.29, 0.717) is 10.5 Å². The number of aromatic nitrogens is 2. The number of rotatable bonds is 2. The van der Waals surface area contributed by atoms with E-state index in [0.717, 1.165) is 21.9 Å². The smallest absolute Gasteiger partial charge is 0.146 e. The zero-order valence-corrected chi connectivity index (χ0v) is 12.8. The van der Waals surface area contributed by atoms with Gasteiger partial charge in [-0.25, -0.2) is 9.97 Å². The van der Waals surface area contributed by atoms with E-state index >= 15 is 0 Å². The van der Waals surface area contributed by atoms with E-state index in [1.165, 1.54) is 11.5 Å². The lowest BCUT2D eigenvalue weighted by atomic mass is 10.3. The first-order valence-corrected chi connectivity index (χ1v) is 8.93. The monoisotopic (exact) mass is 297 g/mol. The number of nitrogens with one attached hydrogen (secondary N) is 1. The van der Waals surface area contributed by atoms with Crippen molar-refractivity contribution < 1.29 is 0 Å². The summed E-state index contributed by atoms with van der Waals surface area (Å²) in [6, 6.07) is 2.09. The summed E-state index contributed by atoms with van der Waals surface area (Å²) in [7, 11) is 1.93. The Morgan fingerprint density at radius 3 is 2.89 bits per heavy atom. The third-order valence-corrected chi connectivity index (χ3v) is 6.91. The molecule has 0 saturated carbocycles. The van der Waals surface area contributed by atoms with Crippen molar-refractivity contribution in [2.75, 3.05) is 23.9 Å². The molecule has 3 heterocycles. The van der Waals surface area contributed by atoms with Crippen molar-refractivity contribution in [3.8, 4) is 0 Å². The second-order valence-corrected chi connectivity index (χ2v) is 7.82. The molecule has 3 rings (SSSR count). The molecule has 2 atom stereocenters. The topological polar surface area (TPSA) is 37.8 Å². The summed E-state index contributed by atoms with van der Waals surface area (Å²) in [5, 5.41) is 7.41. The lowest BCUT2D eigenvalue weighted by molar-refractivity contribution is 0.835. The summed E-state index contributed by atoms with van der Waals surface area (Å²) >= 11 is 5.70. The van der Waals surface area contributed by atoms with Gasteiger partial charge in [0, 0.05) is 23.8 Å². The molecule has 0 aliphatic carbocycles. The van der Waals surface area contributed by atoms with E-state index in [1.54, 1.807) is 11.3 Å². The van der Waals surface area contributed by atoms with Crippen LogP contribution in [0.5, 0.6) is 0 Å². The van der Waals surface area contributed by atoms with Gasteiger partial charge >= 0.3 is 0 Å². The molecule has 1 saturated heterocycles. The second kappa shape index (κ2) is 5.27. The molecular formula is C12H15N3S3. The molecule has 0 aromatic carbocycles. The third kappa shape index (κ3) is 2.21. The molecular weight excluding hydrogens is 282 g/mol. The lowest BCUT2D eigenvalue weighted by Gasteiger charge is -2.26. The van der Waals surface area contributed by atoms with Gasteiger partial charge in [0.1, 0.15) is 16.5 Å². The van der Waals surface area contributed by atoms with Gasteiger partial charge in [0.2, 0.25) is 0 Å². The van der Waals surface area contributed by atoms with Crippen LogP contribution in [0, 0.1) is 0 Å². The maximum atomic E-state index is 4.75. The molecule has 1 fully saturated rings. The average molecular weight is 297 g/mol. The molecule has 2 unspecified atom stereocenters. The number of anilines is 1. The van der Waals surface area contributed by atoms with Gasteiger partial charge in [-0.2, -0.15) is 11.8 Å². The van der Waals surface area contributed by atoms with Crippen molar-refractivity contribution in [1.82, 2.24) is 9.97 Å². The first-order valence-electron chi connectivity index (χ1n) is 5.95. The molecule has 96 valence electrons. The first kappa shape index (κ1) is 12.6. The first-order chi connectivity index (χ1) is 8.79. The maximum absolute atomic E-state index is 4.75. The van der Waals surface area contributed by atoms with Crippen LogP contribution >= 0.6 is 34.9 Å². The average Bonchev–Trinajstić information content (AvgIpc) is 2.86. The Kier molecular flexibility index (Phi) is 3.68. The van der Waals surface area contributed by atoms with Gasteiger partial charge in [0.05, 0.1) is 10.6 Å². The molecule has 0 spiro atoms. The lowest BCUT2D eigenvalue weighted by Crippen LogP contribution is -2.18. The maximum Gasteiger partial charge on any atom is 0.146 e. The zero-order valence-electron chi connectivity index (χ0n) is 10.3. The normalized spacial score (nSPS) is 24.3. The third-order valence-electron chi connectivity index (χ3n) is 3.02. The second-order valence-electron chi connectivity index (χ2n) is 4.19. The van der Waals surface area contributed by atoms with Crippen molar-refractivity contribution >= 4 is 50.9 Å². The molecule has 0 radical (unpaired) electrons. The minimum atomic E-state index is 0.419. The van der Waals surface area contributed by atoms with Gasteiger partial charge < -0.3 is 5.32 Å². The Morgan fingerprint density at radius 1 is 1.28 bits per heavy atom. The van der Waals surface area contributed by atoms with Crippen LogP contribution in [0.15, 0.2) is 11.4 Å². The number of hydrogen-bond donors (Lipinski definition) is 1. The highest BCUT2D eigenvalue weighted by Crippen LogP contribution is 2.42. The van der Waals surface area contributed by atoms with E-state index < -0.39 is 0 Å². The number of hydrogen-bond acceptors (Lipinski definition) is 6. The molecule has 2 aromatic heterocycles. The van der Waals surface area contributed by atoms with Gasteiger partial charge in [0.15, 0.2) is 0 Å². The molecule has 1 aliphatic rings. The summed E-state index contributed by atoms with van der Waals surface area (Å²) in [5.74, 6) is 4.38. The summed E-state index contributed by atoms with van der Waals surface area (Å²) in [6.45, 7) is 2.28. The summed E-state index contributed by atoms with van der Waals surface area (Å²) < 4.78 is 0. The van der Waals surface area contributed by atoms with Crippen molar-refractivity contribution in [2.24, 2.45) is 0 Å². The minimum Gasteiger partial charge on any atom is -0.372 e. The van der Waals surface area contributed by atoms with Crippen LogP contribution < -0.4 is 5.32 Å². The molecule has 3 nitrogen and oxygen atoms in total. The minimum absolute atomic E-state index is 0.419. The largest absolute Gasteiger partial charge is 0.372 e. The Bertz CT molecular complexity index is 554. The Morgan fingerprint density at radius 2 is 2.11 bits per heavy atom. The summed E-state index contributed by atoms with van der Waals surface area (Å²) in [4.78, 5) is 10.6. The predicted molar refractivity (Wildman–Crippen MR) is 84.1 cm³/mol. The summed E-state index contributed by atoms with van der Waals surface area (Å²) in [6.07, 6.45) is 0. The van der Waals surface area contributed by atoms with Gasteiger partial charge in [-0.1, -0.05) is 6.92 Å². The van der Waals surface area contributed by atoms with Crippen molar-refractivity contribution in [2.45, 2.75) is 17.4 Å². The van der Waals surface area contributed by atoms with Crippen LogP contribution in [-0.4, -0.2) is 33.8 Å². The molecule has 1 N–H and O–H groups in total. The zero-order chi connectivity index (χ0) is 12.5.